The van der Waals surface area contributed by atoms with Crippen molar-refractivity contribution < 1.29 is 13.5 Å². The van der Waals surface area contributed by atoms with E-state index in [4.69, 9.17) is 0 Å². The number of hydrogen-bond acceptors (Lipinski definition) is 4. The van der Waals surface area contributed by atoms with Crippen LogP contribution in [0.25, 0.3) is 0 Å². The van der Waals surface area contributed by atoms with Crippen LogP contribution in [0.4, 0.5) is 0 Å². The van der Waals surface area contributed by atoms with Gasteiger partial charge in [-0.1, -0.05) is 18.2 Å². The standard InChI is InChI=1S/C11H18N2O3S/c1-13(2)17(15,16)8-7-12-9-10-5-3-4-6-11(10)14/h3-6,12,14H,7-9H2,1-2H3. The predicted molar refractivity (Wildman–Crippen MR) is 67.3 cm³/mol. The van der Waals surface area contributed by atoms with Gasteiger partial charge in [0.15, 0.2) is 0 Å². The van der Waals surface area contributed by atoms with Crippen LogP contribution >= 0.6 is 0 Å². The monoisotopic (exact) mass is 258 g/mol. The van der Waals surface area contributed by atoms with Crippen LogP contribution in [0.2, 0.25) is 0 Å². The summed E-state index contributed by atoms with van der Waals surface area (Å²) in [6, 6.07) is 6.97. The number of nitrogens with one attached hydrogen (secondary N) is 1. The molecule has 0 aliphatic carbocycles. The summed E-state index contributed by atoms with van der Waals surface area (Å²) in [5.41, 5.74) is 0.759. The summed E-state index contributed by atoms with van der Waals surface area (Å²) >= 11 is 0. The summed E-state index contributed by atoms with van der Waals surface area (Å²) in [5, 5.41) is 12.5. The maximum atomic E-state index is 11.4. The van der Waals surface area contributed by atoms with Gasteiger partial charge in [0.05, 0.1) is 5.75 Å². The second-order valence-electron chi connectivity index (χ2n) is 3.90. The predicted octanol–water partition coefficient (Wildman–Crippen LogP) is 0.373. The molecule has 0 atom stereocenters. The Morgan fingerprint density at radius 3 is 2.53 bits per heavy atom. The van der Waals surface area contributed by atoms with Gasteiger partial charge in [0.25, 0.3) is 0 Å². The zero-order chi connectivity index (χ0) is 12.9. The maximum absolute atomic E-state index is 11.4. The minimum atomic E-state index is -3.15. The number of nitrogens with zero attached hydrogens (tertiary/aromatic N) is 1. The zero-order valence-electron chi connectivity index (χ0n) is 10.0. The van der Waals surface area contributed by atoms with Crippen molar-refractivity contribution in [1.29, 1.82) is 0 Å². The van der Waals surface area contributed by atoms with Crippen LogP contribution in [0.1, 0.15) is 5.56 Å². The Bertz CT molecular complexity index is 458. The fourth-order valence-corrected chi connectivity index (χ4v) is 2.03. The lowest BCUT2D eigenvalue weighted by atomic mass is 10.2. The summed E-state index contributed by atoms with van der Waals surface area (Å²) in [6.07, 6.45) is 0. The lowest BCUT2D eigenvalue weighted by Gasteiger charge is -2.11. The molecule has 1 aromatic rings. The molecule has 0 bridgehead atoms. The first kappa shape index (κ1) is 14.0. The van der Waals surface area contributed by atoms with Gasteiger partial charge in [-0.2, -0.15) is 0 Å². The summed E-state index contributed by atoms with van der Waals surface area (Å²) in [4.78, 5) is 0. The van der Waals surface area contributed by atoms with Crippen LogP contribution in [0.3, 0.4) is 0 Å². The molecule has 17 heavy (non-hydrogen) atoms. The third-order valence-electron chi connectivity index (χ3n) is 2.40. The zero-order valence-corrected chi connectivity index (χ0v) is 10.9. The van der Waals surface area contributed by atoms with Gasteiger partial charge in [-0.3, -0.25) is 0 Å². The molecule has 0 fully saturated rings. The molecule has 2 N–H and O–H groups in total. The molecule has 0 saturated heterocycles. The number of rotatable bonds is 6. The van der Waals surface area contributed by atoms with Gasteiger partial charge in [0, 0.05) is 32.7 Å². The molecule has 96 valence electrons. The average Bonchev–Trinajstić information content (AvgIpc) is 2.26. The Balaban J connectivity index is 2.38. The topological polar surface area (TPSA) is 69.6 Å². The Labute approximate surface area is 102 Å². The van der Waals surface area contributed by atoms with Gasteiger partial charge < -0.3 is 10.4 Å². The molecular weight excluding hydrogens is 240 g/mol. The Morgan fingerprint density at radius 2 is 1.94 bits per heavy atom. The van der Waals surface area contributed by atoms with Crippen molar-refractivity contribution in [2.45, 2.75) is 6.54 Å². The molecule has 0 aliphatic rings. The van der Waals surface area contributed by atoms with Crippen molar-refractivity contribution in [2.24, 2.45) is 0 Å². The molecule has 1 rings (SSSR count). The van der Waals surface area contributed by atoms with Crippen LogP contribution in [-0.4, -0.2) is 44.2 Å². The number of aromatic hydroxyl groups is 1. The Kier molecular flexibility index (Phi) is 4.92. The number of sulfonamides is 1. The van der Waals surface area contributed by atoms with E-state index < -0.39 is 10.0 Å². The third kappa shape index (κ3) is 4.33. The number of hydrogen-bond donors (Lipinski definition) is 2. The molecule has 0 heterocycles. The second-order valence-corrected chi connectivity index (χ2v) is 6.21. The molecule has 0 unspecified atom stereocenters. The van der Waals surface area contributed by atoms with Crippen LogP contribution in [-0.2, 0) is 16.6 Å². The highest BCUT2D eigenvalue weighted by molar-refractivity contribution is 7.89. The summed E-state index contributed by atoms with van der Waals surface area (Å²) < 4.78 is 24.1. The van der Waals surface area contributed by atoms with Crippen molar-refractivity contribution in [2.75, 3.05) is 26.4 Å². The summed E-state index contributed by atoms with van der Waals surface area (Å²) in [6.45, 7) is 0.810. The van der Waals surface area contributed by atoms with E-state index in [0.29, 0.717) is 13.1 Å². The SMILES string of the molecule is CN(C)S(=O)(=O)CCNCc1ccccc1O. The van der Waals surface area contributed by atoms with E-state index in [1.165, 1.54) is 18.4 Å². The van der Waals surface area contributed by atoms with E-state index in [1.807, 2.05) is 6.07 Å². The fraction of sp³-hybridized carbons (Fsp3) is 0.455. The van der Waals surface area contributed by atoms with E-state index >= 15 is 0 Å². The second kappa shape index (κ2) is 6.00. The Morgan fingerprint density at radius 1 is 1.29 bits per heavy atom. The molecule has 5 nitrogen and oxygen atoms in total. The van der Waals surface area contributed by atoms with E-state index in [9.17, 15) is 13.5 Å². The molecule has 0 spiro atoms. The lowest BCUT2D eigenvalue weighted by molar-refractivity contribution is 0.465. The molecule has 0 radical (unpaired) electrons. The van der Waals surface area contributed by atoms with Crippen molar-refractivity contribution in [3.05, 3.63) is 29.8 Å². The highest BCUT2D eigenvalue weighted by atomic mass is 32.2. The van der Waals surface area contributed by atoms with Crippen molar-refractivity contribution >= 4 is 10.0 Å². The number of phenols is 1. The van der Waals surface area contributed by atoms with Gasteiger partial charge in [-0.05, 0) is 6.07 Å². The van der Waals surface area contributed by atoms with Gasteiger partial charge in [-0.25, -0.2) is 12.7 Å². The van der Waals surface area contributed by atoms with Crippen molar-refractivity contribution in [3.8, 4) is 5.75 Å². The highest BCUT2D eigenvalue weighted by Gasteiger charge is 2.12. The molecule has 0 aliphatic heterocycles. The van der Waals surface area contributed by atoms with Gasteiger partial charge in [0.2, 0.25) is 10.0 Å². The van der Waals surface area contributed by atoms with E-state index in [1.54, 1.807) is 18.2 Å². The molecule has 6 heteroatoms. The molecule has 1 aromatic carbocycles. The highest BCUT2D eigenvalue weighted by Crippen LogP contribution is 2.14. The third-order valence-corrected chi connectivity index (χ3v) is 4.23. The van der Waals surface area contributed by atoms with Gasteiger partial charge in [-0.15, -0.1) is 0 Å². The minimum Gasteiger partial charge on any atom is -0.508 e. The number of phenolic OH excluding ortho intramolecular Hbond substituents is 1. The quantitative estimate of drug-likeness (QED) is 0.723. The first-order valence-corrected chi connectivity index (χ1v) is 6.92. The summed E-state index contributed by atoms with van der Waals surface area (Å²) in [5.74, 6) is 0.267. The smallest absolute Gasteiger partial charge is 0.214 e. The largest absolute Gasteiger partial charge is 0.508 e. The number of para-hydroxylation sites is 1. The van der Waals surface area contributed by atoms with E-state index in [2.05, 4.69) is 5.32 Å². The minimum absolute atomic E-state index is 0.0492. The van der Waals surface area contributed by atoms with Crippen LogP contribution in [0.15, 0.2) is 24.3 Å². The molecular formula is C11H18N2O3S. The average molecular weight is 258 g/mol. The van der Waals surface area contributed by atoms with Gasteiger partial charge >= 0.3 is 0 Å². The molecule has 0 aromatic heterocycles. The van der Waals surface area contributed by atoms with Crippen LogP contribution < -0.4 is 5.32 Å². The maximum Gasteiger partial charge on any atom is 0.214 e. The van der Waals surface area contributed by atoms with Crippen LogP contribution in [0.5, 0.6) is 5.75 Å². The first-order valence-electron chi connectivity index (χ1n) is 5.31. The van der Waals surface area contributed by atoms with Crippen LogP contribution in [0, 0.1) is 0 Å². The van der Waals surface area contributed by atoms with Gasteiger partial charge in [0.1, 0.15) is 5.75 Å². The Hall–Kier alpha value is -1.11. The van der Waals surface area contributed by atoms with E-state index in [-0.39, 0.29) is 11.5 Å². The molecule has 0 amide bonds. The lowest BCUT2D eigenvalue weighted by Crippen LogP contribution is -2.31. The summed E-state index contributed by atoms with van der Waals surface area (Å²) in [7, 11) is -0.130. The first-order chi connectivity index (χ1) is 7.93. The van der Waals surface area contributed by atoms with Crippen molar-refractivity contribution in [3.63, 3.8) is 0 Å². The fourth-order valence-electron chi connectivity index (χ4n) is 1.27. The number of benzene rings is 1. The van der Waals surface area contributed by atoms with E-state index in [0.717, 1.165) is 5.56 Å². The normalized spacial score (nSPS) is 11.9. The van der Waals surface area contributed by atoms with Crippen molar-refractivity contribution in [1.82, 2.24) is 9.62 Å². The molecule has 0 saturated carbocycles.